The number of halogens is 1. The SMILES string of the molecule is OC(Cc1ccccc1F)c1cnn2ccccc12. The summed E-state index contributed by atoms with van der Waals surface area (Å²) in [5.41, 5.74) is 2.06. The van der Waals surface area contributed by atoms with E-state index in [2.05, 4.69) is 5.10 Å². The summed E-state index contributed by atoms with van der Waals surface area (Å²) < 4.78 is 15.3. The Labute approximate surface area is 109 Å². The van der Waals surface area contributed by atoms with Gasteiger partial charge < -0.3 is 5.11 Å². The summed E-state index contributed by atoms with van der Waals surface area (Å²) in [5, 5.41) is 14.4. The minimum atomic E-state index is -0.767. The lowest BCUT2D eigenvalue weighted by atomic mass is 10.0. The normalized spacial score (nSPS) is 12.7. The molecule has 0 bridgehead atoms. The Morgan fingerprint density at radius 3 is 2.79 bits per heavy atom. The Kier molecular flexibility index (Phi) is 3.01. The zero-order valence-electron chi connectivity index (χ0n) is 10.2. The third kappa shape index (κ3) is 2.22. The fourth-order valence-corrected chi connectivity index (χ4v) is 2.19. The highest BCUT2D eigenvalue weighted by Crippen LogP contribution is 2.23. The maximum absolute atomic E-state index is 13.6. The summed E-state index contributed by atoms with van der Waals surface area (Å²) in [7, 11) is 0. The van der Waals surface area contributed by atoms with Crippen LogP contribution in [0.15, 0.2) is 54.9 Å². The molecule has 1 atom stereocenters. The van der Waals surface area contributed by atoms with Crippen molar-refractivity contribution in [1.82, 2.24) is 9.61 Å². The molecule has 0 saturated carbocycles. The number of benzene rings is 1. The van der Waals surface area contributed by atoms with E-state index in [4.69, 9.17) is 0 Å². The smallest absolute Gasteiger partial charge is 0.126 e. The number of aromatic nitrogens is 2. The molecule has 3 nitrogen and oxygen atoms in total. The van der Waals surface area contributed by atoms with Crippen molar-refractivity contribution in [3.05, 3.63) is 71.8 Å². The van der Waals surface area contributed by atoms with Gasteiger partial charge in [-0.25, -0.2) is 8.91 Å². The van der Waals surface area contributed by atoms with E-state index in [-0.39, 0.29) is 12.2 Å². The van der Waals surface area contributed by atoms with Crippen LogP contribution < -0.4 is 0 Å². The molecule has 0 aliphatic rings. The Bertz CT molecular complexity index is 708. The summed E-state index contributed by atoms with van der Waals surface area (Å²) in [5.74, 6) is -0.293. The lowest BCUT2D eigenvalue weighted by molar-refractivity contribution is 0.178. The van der Waals surface area contributed by atoms with E-state index in [1.54, 1.807) is 28.9 Å². The number of aliphatic hydroxyl groups excluding tert-OH is 1. The number of nitrogens with zero attached hydrogens (tertiary/aromatic N) is 2. The standard InChI is InChI=1S/C15H13FN2O/c16-13-6-2-1-5-11(13)9-15(19)12-10-17-18-8-4-3-7-14(12)18/h1-8,10,15,19H,9H2. The highest BCUT2D eigenvalue weighted by atomic mass is 19.1. The van der Waals surface area contributed by atoms with Crippen LogP contribution in [0.5, 0.6) is 0 Å². The minimum absolute atomic E-state index is 0.239. The molecule has 0 fully saturated rings. The van der Waals surface area contributed by atoms with Crippen LogP contribution in [-0.2, 0) is 6.42 Å². The Morgan fingerprint density at radius 1 is 1.16 bits per heavy atom. The molecule has 2 heterocycles. The van der Waals surface area contributed by atoms with Gasteiger partial charge in [0.2, 0.25) is 0 Å². The molecule has 0 aliphatic heterocycles. The van der Waals surface area contributed by atoms with Crippen molar-refractivity contribution >= 4 is 5.52 Å². The van der Waals surface area contributed by atoms with Crippen LogP contribution in [0, 0.1) is 5.82 Å². The van der Waals surface area contributed by atoms with E-state index in [0.29, 0.717) is 11.1 Å². The average Bonchev–Trinajstić information content (AvgIpc) is 2.85. The van der Waals surface area contributed by atoms with Crippen LogP contribution in [-0.4, -0.2) is 14.7 Å². The Morgan fingerprint density at radius 2 is 1.95 bits per heavy atom. The lowest BCUT2D eigenvalue weighted by Gasteiger charge is -2.10. The summed E-state index contributed by atoms with van der Waals surface area (Å²) >= 11 is 0. The minimum Gasteiger partial charge on any atom is -0.388 e. The van der Waals surface area contributed by atoms with E-state index < -0.39 is 6.10 Å². The molecular weight excluding hydrogens is 243 g/mol. The van der Waals surface area contributed by atoms with Crippen molar-refractivity contribution in [1.29, 1.82) is 0 Å². The van der Waals surface area contributed by atoms with Crippen LogP contribution in [0.25, 0.3) is 5.52 Å². The van der Waals surface area contributed by atoms with E-state index in [9.17, 15) is 9.50 Å². The molecule has 0 saturated heterocycles. The number of fused-ring (bicyclic) bond motifs is 1. The predicted molar refractivity (Wildman–Crippen MR) is 70.3 cm³/mol. The zero-order valence-corrected chi connectivity index (χ0v) is 10.2. The van der Waals surface area contributed by atoms with Crippen molar-refractivity contribution in [2.75, 3.05) is 0 Å². The zero-order chi connectivity index (χ0) is 13.2. The van der Waals surface area contributed by atoms with E-state index >= 15 is 0 Å². The fraction of sp³-hybridized carbons (Fsp3) is 0.133. The van der Waals surface area contributed by atoms with Crippen molar-refractivity contribution in [3.63, 3.8) is 0 Å². The highest BCUT2D eigenvalue weighted by molar-refractivity contribution is 5.54. The fourth-order valence-electron chi connectivity index (χ4n) is 2.19. The quantitative estimate of drug-likeness (QED) is 0.782. The van der Waals surface area contributed by atoms with Gasteiger partial charge in [0.15, 0.2) is 0 Å². The van der Waals surface area contributed by atoms with Crippen LogP contribution in [0.4, 0.5) is 4.39 Å². The van der Waals surface area contributed by atoms with Gasteiger partial charge in [0, 0.05) is 18.2 Å². The van der Waals surface area contributed by atoms with Gasteiger partial charge in [-0.3, -0.25) is 0 Å². The van der Waals surface area contributed by atoms with Crippen molar-refractivity contribution < 1.29 is 9.50 Å². The molecule has 1 aromatic carbocycles. The summed E-state index contributed by atoms with van der Waals surface area (Å²) in [6.45, 7) is 0. The number of pyridine rings is 1. The molecule has 0 aliphatic carbocycles. The molecule has 2 aromatic heterocycles. The van der Waals surface area contributed by atoms with Crippen LogP contribution >= 0.6 is 0 Å². The van der Waals surface area contributed by atoms with Crippen molar-refractivity contribution in [2.45, 2.75) is 12.5 Å². The van der Waals surface area contributed by atoms with Gasteiger partial charge in [0.25, 0.3) is 0 Å². The van der Waals surface area contributed by atoms with Crippen LogP contribution in [0.3, 0.4) is 0 Å². The second kappa shape index (κ2) is 4.82. The number of hydrogen-bond acceptors (Lipinski definition) is 2. The number of hydrogen-bond donors (Lipinski definition) is 1. The molecular formula is C15H13FN2O. The van der Waals surface area contributed by atoms with Gasteiger partial charge in [-0.2, -0.15) is 5.10 Å². The average molecular weight is 256 g/mol. The first-order valence-electron chi connectivity index (χ1n) is 6.09. The summed E-state index contributed by atoms with van der Waals surface area (Å²) in [6.07, 6.45) is 2.91. The second-order valence-electron chi connectivity index (χ2n) is 4.44. The topological polar surface area (TPSA) is 37.5 Å². The molecule has 0 spiro atoms. The molecule has 3 rings (SSSR count). The molecule has 96 valence electrons. The lowest BCUT2D eigenvalue weighted by Crippen LogP contribution is -2.03. The molecule has 19 heavy (non-hydrogen) atoms. The van der Waals surface area contributed by atoms with E-state index in [1.165, 1.54) is 6.07 Å². The molecule has 3 aromatic rings. The predicted octanol–water partition coefficient (Wildman–Crippen LogP) is 2.75. The van der Waals surface area contributed by atoms with Gasteiger partial charge in [-0.05, 0) is 23.8 Å². The molecule has 1 unspecified atom stereocenters. The Balaban J connectivity index is 1.92. The van der Waals surface area contributed by atoms with Crippen LogP contribution in [0.1, 0.15) is 17.2 Å². The van der Waals surface area contributed by atoms with E-state index in [1.807, 2.05) is 24.4 Å². The maximum atomic E-state index is 13.6. The number of aliphatic hydroxyl groups is 1. The maximum Gasteiger partial charge on any atom is 0.126 e. The third-order valence-electron chi connectivity index (χ3n) is 3.19. The van der Waals surface area contributed by atoms with Crippen molar-refractivity contribution in [3.8, 4) is 0 Å². The number of rotatable bonds is 3. The highest BCUT2D eigenvalue weighted by Gasteiger charge is 2.15. The summed E-state index contributed by atoms with van der Waals surface area (Å²) in [6, 6.07) is 12.1. The van der Waals surface area contributed by atoms with Gasteiger partial charge in [0.05, 0.1) is 17.8 Å². The van der Waals surface area contributed by atoms with Gasteiger partial charge in [0.1, 0.15) is 5.82 Å². The van der Waals surface area contributed by atoms with Crippen LogP contribution in [0.2, 0.25) is 0 Å². The van der Waals surface area contributed by atoms with Crippen molar-refractivity contribution in [2.24, 2.45) is 0 Å². The van der Waals surface area contributed by atoms with Gasteiger partial charge >= 0.3 is 0 Å². The largest absolute Gasteiger partial charge is 0.388 e. The van der Waals surface area contributed by atoms with E-state index in [0.717, 1.165) is 5.52 Å². The molecule has 0 radical (unpaired) electrons. The molecule has 4 heteroatoms. The first-order valence-corrected chi connectivity index (χ1v) is 6.09. The Hall–Kier alpha value is -2.20. The molecule has 0 amide bonds. The van der Waals surface area contributed by atoms with Gasteiger partial charge in [-0.1, -0.05) is 24.3 Å². The first kappa shape index (κ1) is 11.9. The van der Waals surface area contributed by atoms with Gasteiger partial charge in [-0.15, -0.1) is 0 Å². The second-order valence-corrected chi connectivity index (χ2v) is 4.44. The third-order valence-corrected chi connectivity index (χ3v) is 3.19. The molecule has 1 N–H and O–H groups in total. The summed E-state index contributed by atoms with van der Waals surface area (Å²) in [4.78, 5) is 0. The first-order chi connectivity index (χ1) is 9.25. The monoisotopic (exact) mass is 256 g/mol.